The number of carbonyl (C=O) groups is 1. The molecule has 2 heteroatoms. The summed E-state index contributed by atoms with van der Waals surface area (Å²) in [6.45, 7) is 7.67. The van der Waals surface area contributed by atoms with E-state index in [1.54, 1.807) is 0 Å². The van der Waals surface area contributed by atoms with Crippen molar-refractivity contribution >= 4 is 5.78 Å². The van der Waals surface area contributed by atoms with Crippen LogP contribution in [0.4, 0.5) is 0 Å². The second-order valence-corrected chi connectivity index (χ2v) is 4.56. The molecule has 0 saturated carbocycles. The second-order valence-electron chi connectivity index (χ2n) is 4.56. The topological polar surface area (TPSA) is 26.3 Å². The molecule has 0 aromatic heterocycles. The molecule has 1 heterocycles. The molecule has 0 bridgehead atoms. The van der Waals surface area contributed by atoms with Crippen LogP contribution in [0, 0.1) is 11.3 Å². The summed E-state index contributed by atoms with van der Waals surface area (Å²) in [4.78, 5) is 11.6. The van der Waals surface area contributed by atoms with E-state index in [0.29, 0.717) is 18.8 Å². The number of ether oxygens (including phenoxy) is 1. The van der Waals surface area contributed by atoms with E-state index in [4.69, 9.17) is 4.74 Å². The van der Waals surface area contributed by atoms with Crippen LogP contribution in [0.2, 0.25) is 0 Å². The Hall–Kier alpha value is -0.370. The van der Waals surface area contributed by atoms with E-state index in [0.717, 1.165) is 13.0 Å². The lowest BCUT2D eigenvalue weighted by Crippen LogP contribution is -2.31. The lowest BCUT2D eigenvalue weighted by Gasteiger charge is -2.27. The SMILES string of the molecule is CC(C)(C)C1COCCCC1=O. The normalized spacial score (nSPS) is 26.9. The monoisotopic (exact) mass is 170 g/mol. The van der Waals surface area contributed by atoms with Gasteiger partial charge in [-0.2, -0.15) is 0 Å². The molecule has 1 unspecified atom stereocenters. The van der Waals surface area contributed by atoms with Gasteiger partial charge in [0, 0.05) is 18.9 Å². The van der Waals surface area contributed by atoms with E-state index < -0.39 is 0 Å². The van der Waals surface area contributed by atoms with E-state index in [9.17, 15) is 4.79 Å². The molecule has 1 aliphatic rings. The minimum atomic E-state index is 0.0570. The molecule has 12 heavy (non-hydrogen) atoms. The van der Waals surface area contributed by atoms with Crippen molar-refractivity contribution in [1.82, 2.24) is 0 Å². The minimum absolute atomic E-state index is 0.0570. The highest BCUT2D eigenvalue weighted by Gasteiger charge is 2.31. The summed E-state index contributed by atoms with van der Waals surface area (Å²) in [6, 6.07) is 0. The van der Waals surface area contributed by atoms with Crippen molar-refractivity contribution in [3.05, 3.63) is 0 Å². The zero-order valence-corrected chi connectivity index (χ0v) is 8.22. The van der Waals surface area contributed by atoms with Crippen molar-refractivity contribution in [2.75, 3.05) is 13.2 Å². The number of rotatable bonds is 0. The Labute approximate surface area is 74.3 Å². The zero-order chi connectivity index (χ0) is 9.19. The smallest absolute Gasteiger partial charge is 0.138 e. The third kappa shape index (κ3) is 2.31. The van der Waals surface area contributed by atoms with Crippen LogP contribution >= 0.6 is 0 Å². The molecule has 1 saturated heterocycles. The molecule has 1 aliphatic heterocycles. The van der Waals surface area contributed by atoms with Crippen LogP contribution in [0.15, 0.2) is 0 Å². The molecular formula is C10H18O2. The molecule has 70 valence electrons. The van der Waals surface area contributed by atoms with Crippen molar-refractivity contribution < 1.29 is 9.53 Å². The Morgan fingerprint density at radius 1 is 1.42 bits per heavy atom. The van der Waals surface area contributed by atoms with E-state index in [1.165, 1.54) is 0 Å². The minimum Gasteiger partial charge on any atom is -0.381 e. The maximum Gasteiger partial charge on any atom is 0.138 e. The molecule has 1 rings (SSSR count). The van der Waals surface area contributed by atoms with Crippen molar-refractivity contribution in [3.63, 3.8) is 0 Å². The van der Waals surface area contributed by atoms with Crippen LogP contribution in [-0.4, -0.2) is 19.0 Å². The van der Waals surface area contributed by atoms with Crippen LogP contribution in [0.1, 0.15) is 33.6 Å². The summed E-state index contributed by atoms with van der Waals surface area (Å²) < 4.78 is 5.38. The Balaban J connectivity index is 2.66. The number of hydrogen-bond acceptors (Lipinski definition) is 2. The predicted molar refractivity (Wildman–Crippen MR) is 48.0 cm³/mol. The largest absolute Gasteiger partial charge is 0.381 e. The fourth-order valence-corrected chi connectivity index (χ4v) is 1.55. The highest BCUT2D eigenvalue weighted by Crippen LogP contribution is 2.29. The average molecular weight is 170 g/mol. The van der Waals surface area contributed by atoms with E-state index >= 15 is 0 Å². The van der Waals surface area contributed by atoms with Gasteiger partial charge in [-0.05, 0) is 11.8 Å². The van der Waals surface area contributed by atoms with E-state index in [-0.39, 0.29) is 11.3 Å². The first-order valence-electron chi connectivity index (χ1n) is 4.62. The second kappa shape index (κ2) is 3.56. The summed E-state index contributed by atoms with van der Waals surface area (Å²) in [5, 5.41) is 0. The standard InChI is InChI=1S/C10H18O2/c1-10(2,3)8-7-12-6-4-5-9(8)11/h8H,4-7H2,1-3H3. The molecule has 0 aromatic rings. The fraction of sp³-hybridized carbons (Fsp3) is 0.900. The molecule has 0 spiro atoms. The molecule has 0 aliphatic carbocycles. The first-order valence-corrected chi connectivity index (χ1v) is 4.62. The van der Waals surface area contributed by atoms with Crippen LogP contribution in [0.3, 0.4) is 0 Å². The highest BCUT2D eigenvalue weighted by molar-refractivity contribution is 5.82. The molecule has 1 atom stereocenters. The van der Waals surface area contributed by atoms with Crippen LogP contribution < -0.4 is 0 Å². The first kappa shape index (κ1) is 9.72. The summed E-state index contributed by atoms with van der Waals surface area (Å²) in [5.74, 6) is 0.472. The third-order valence-corrected chi connectivity index (χ3v) is 2.43. The summed E-state index contributed by atoms with van der Waals surface area (Å²) >= 11 is 0. The van der Waals surface area contributed by atoms with Crippen LogP contribution in [0.25, 0.3) is 0 Å². The van der Waals surface area contributed by atoms with Crippen molar-refractivity contribution in [2.45, 2.75) is 33.6 Å². The van der Waals surface area contributed by atoms with Gasteiger partial charge in [0.15, 0.2) is 0 Å². The van der Waals surface area contributed by atoms with Crippen molar-refractivity contribution in [3.8, 4) is 0 Å². The van der Waals surface area contributed by atoms with E-state index in [1.807, 2.05) is 0 Å². The summed E-state index contributed by atoms with van der Waals surface area (Å²) in [5.41, 5.74) is 0.0570. The maximum absolute atomic E-state index is 11.6. The highest BCUT2D eigenvalue weighted by atomic mass is 16.5. The Morgan fingerprint density at radius 3 is 2.67 bits per heavy atom. The van der Waals surface area contributed by atoms with Gasteiger partial charge in [-0.3, -0.25) is 4.79 Å². The van der Waals surface area contributed by atoms with Gasteiger partial charge in [-0.25, -0.2) is 0 Å². The fourth-order valence-electron chi connectivity index (χ4n) is 1.55. The van der Waals surface area contributed by atoms with Gasteiger partial charge in [0.05, 0.1) is 6.61 Å². The zero-order valence-electron chi connectivity index (χ0n) is 8.22. The molecular weight excluding hydrogens is 152 g/mol. The average Bonchev–Trinajstić information content (AvgIpc) is 2.11. The lowest BCUT2D eigenvalue weighted by atomic mass is 9.78. The van der Waals surface area contributed by atoms with E-state index in [2.05, 4.69) is 20.8 Å². The lowest BCUT2D eigenvalue weighted by molar-refractivity contribution is -0.126. The predicted octanol–water partition coefficient (Wildman–Crippen LogP) is 2.03. The maximum atomic E-state index is 11.6. The molecule has 0 amide bonds. The number of Topliss-reactive ketones (excluding diaryl/α,β-unsaturated/α-hetero) is 1. The van der Waals surface area contributed by atoms with Gasteiger partial charge < -0.3 is 4.74 Å². The number of carbonyl (C=O) groups excluding carboxylic acids is 1. The van der Waals surface area contributed by atoms with Gasteiger partial charge in [-0.1, -0.05) is 20.8 Å². The third-order valence-electron chi connectivity index (χ3n) is 2.43. The quantitative estimate of drug-likeness (QED) is 0.556. The molecule has 1 fully saturated rings. The molecule has 0 N–H and O–H groups in total. The van der Waals surface area contributed by atoms with Crippen molar-refractivity contribution in [2.24, 2.45) is 11.3 Å². The van der Waals surface area contributed by atoms with Gasteiger partial charge in [0.2, 0.25) is 0 Å². The Bertz CT molecular complexity index is 167. The van der Waals surface area contributed by atoms with Gasteiger partial charge >= 0.3 is 0 Å². The van der Waals surface area contributed by atoms with Crippen LogP contribution in [0.5, 0.6) is 0 Å². The Kier molecular flexibility index (Phi) is 2.89. The van der Waals surface area contributed by atoms with Gasteiger partial charge in [0.25, 0.3) is 0 Å². The van der Waals surface area contributed by atoms with Gasteiger partial charge in [0.1, 0.15) is 5.78 Å². The number of ketones is 1. The molecule has 0 radical (unpaired) electrons. The first-order chi connectivity index (χ1) is 5.52. The van der Waals surface area contributed by atoms with Crippen molar-refractivity contribution in [1.29, 1.82) is 0 Å². The molecule has 0 aromatic carbocycles. The Morgan fingerprint density at radius 2 is 2.08 bits per heavy atom. The summed E-state index contributed by atoms with van der Waals surface area (Å²) in [6.07, 6.45) is 1.59. The number of hydrogen-bond donors (Lipinski definition) is 0. The summed E-state index contributed by atoms with van der Waals surface area (Å²) in [7, 11) is 0. The molecule has 2 nitrogen and oxygen atoms in total. The van der Waals surface area contributed by atoms with Crippen LogP contribution in [-0.2, 0) is 9.53 Å². The van der Waals surface area contributed by atoms with Gasteiger partial charge in [-0.15, -0.1) is 0 Å².